The van der Waals surface area contributed by atoms with Crippen LogP contribution in [0.2, 0.25) is 0 Å². The summed E-state index contributed by atoms with van der Waals surface area (Å²) in [7, 11) is 0. The normalized spacial score (nSPS) is 31.5. The number of rotatable bonds is 2. The lowest BCUT2D eigenvalue weighted by Gasteiger charge is -1.95. The summed E-state index contributed by atoms with van der Waals surface area (Å²) in [4.78, 5) is 10.8. The van der Waals surface area contributed by atoms with Gasteiger partial charge in [-0.1, -0.05) is 19.9 Å². The van der Waals surface area contributed by atoms with Gasteiger partial charge in [-0.3, -0.25) is 4.79 Å². The zero-order valence-electron chi connectivity index (χ0n) is 7.04. The molecule has 0 aliphatic heterocycles. The monoisotopic (exact) mass is 183 g/mol. The van der Waals surface area contributed by atoms with Crippen LogP contribution in [-0.4, -0.2) is 5.24 Å². The van der Waals surface area contributed by atoms with Gasteiger partial charge in [0, 0.05) is 12.0 Å². The van der Waals surface area contributed by atoms with Crippen molar-refractivity contribution >= 4 is 16.8 Å². The first-order chi connectivity index (χ1) is 5.51. The summed E-state index contributed by atoms with van der Waals surface area (Å²) >= 11 is 5.38. The Hall–Kier alpha value is -0.810. The third-order valence-corrected chi connectivity index (χ3v) is 2.77. The molecule has 0 amide bonds. The van der Waals surface area contributed by atoms with Crippen molar-refractivity contribution in [2.24, 2.45) is 17.3 Å². The minimum absolute atomic E-state index is 0.0633. The highest BCUT2D eigenvalue weighted by Crippen LogP contribution is 2.59. The molecular weight excluding hydrogens is 174 g/mol. The van der Waals surface area contributed by atoms with E-state index in [1.54, 1.807) is 6.08 Å². The second-order valence-electron chi connectivity index (χ2n) is 3.62. The molecule has 0 radical (unpaired) electrons. The van der Waals surface area contributed by atoms with Crippen LogP contribution < -0.4 is 0 Å². The van der Waals surface area contributed by atoms with Gasteiger partial charge in [-0.15, -0.1) is 0 Å². The largest absolute Gasteiger partial charge is 0.281 e. The number of nitrogens with zero attached hydrogens (tertiary/aromatic N) is 1. The van der Waals surface area contributed by atoms with E-state index in [4.69, 9.17) is 16.9 Å². The van der Waals surface area contributed by atoms with E-state index in [1.165, 1.54) is 6.08 Å². The summed E-state index contributed by atoms with van der Waals surface area (Å²) in [5.74, 6) is 0.0333. The van der Waals surface area contributed by atoms with Crippen molar-refractivity contribution < 1.29 is 4.79 Å². The van der Waals surface area contributed by atoms with Crippen LogP contribution in [0.25, 0.3) is 0 Å². The molecule has 0 aromatic carbocycles. The highest BCUT2D eigenvalue weighted by Gasteiger charge is 2.59. The van der Waals surface area contributed by atoms with Gasteiger partial charge < -0.3 is 0 Å². The van der Waals surface area contributed by atoms with E-state index in [0.29, 0.717) is 0 Å². The van der Waals surface area contributed by atoms with Crippen LogP contribution in [0.4, 0.5) is 0 Å². The number of halogens is 1. The molecule has 2 nitrogen and oxygen atoms in total. The van der Waals surface area contributed by atoms with E-state index < -0.39 is 0 Å². The molecule has 2 atom stereocenters. The summed E-state index contributed by atoms with van der Waals surface area (Å²) in [6.07, 6.45) is 3.16. The van der Waals surface area contributed by atoms with Crippen LogP contribution in [0.1, 0.15) is 13.8 Å². The number of hydrogen-bond donors (Lipinski definition) is 0. The topological polar surface area (TPSA) is 40.9 Å². The van der Waals surface area contributed by atoms with Gasteiger partial charge in [0.05, 0.1) is 6.07 Å². The molecule has 3 heteroatoms. The molecule has 64 valence electrons. The van der Waals surface area contributed by atoms with Crippen molar-refractivity contribution in [3.8, 4) is 6.07 Å². The highest BCUT2D eigenvalue weighted by atomic mass is 35.5. The smallest absolute Gasteiger partial charge is 0.225 e. The summed E-state index contributed by atoms with van der Waals surface area (Å²) < 4.78 is 0. The summed E-state index contributed by atoms with van der Waals surface area (Å²) in [6, 6.07) is 1.90. The van der Waals surface area contributed by atoms with E-state index in [9.17, 15) is 4.79 Å². The predicted octanol–water partition coefficient (Wildman–Crippen LogP) is 2.10. The van der Waals surface area contributed by atoms with Crippen molar-refractivity contribution in [2.45, 2.75) is 13.8 Å². The van der Waals surface area contributed by atoms with Gasteiger partial charge in [-0.05, 0) is 22.9 Å². The van der Waals surface area contributed by atoms with Crippen molar-refractivity contribution in [3.63, 3.8) is 0 Å². The van der Waals surface area contributed by atoms with Crippen LogP contribution in [0.5, 0.6) is 0 Å². The van der Waals surface area contributed by atoms with Crippen molar-refractivity contribution in [1.82, 2.24) is 0 Å². The first-order valence-corrected chi connectivity index (χ1v) is 4.15. The van der Waals surface area contributed by atoms with Crippen LogP contribution in [-0.2, 0) is 4.79 Å². The maximum absolute atomic E-state index is 10.8. The molecule has 0 heterocycles. The molecule has 0 unspecified atom stereocenters. The molecule has 0 aromatic heterocycles. The third kappa shape index (κ3) is 1.37. The van der Waals surface area contributed by atoms with Gasteiger partial charge >= 0.3 is 0 Å². The van der Waals surface area contributed by atoms with E-state index in [0.717, 1.165) is 0 Å². The summed E-state index contributed by atoms with van der Waals surface area (Å²) in [5, 5.41) is 7.98. The van der Waals surface area contributed by atoms with E-state index in [-0.39, 0.29) is 22.5 Å². The molecule has 1 rings (SSSR count). The zero-order chi connectivity index (χ0) is 9.35. The molecule has 0 aromatic rings. The first-order valence-electron chi connectivity index (χ1n) is 3.77. The van der Waals surface area contributed by atoms with Gasteiger partial charge in [-0.2, -0.15) is 5.26 Å². The van der Waals surface area contributed by atoms with Gasteiger partial charge in [0.2, 0.25) is 5.24 Å². The lowest BCUT2D eigenvalue weighted by atomic mass is 10.1. The number of carbonyl (C=O) groups excluding carboxylic acids is 1. The minimum Gasteiger partial charge on any atom is -0.281 e. The number of hydrogen-bond acceptors (Lipinski definition) is 2. The van der Waals surface area contributed by atoms with Crippen LogP contribution in [0.15, 0.2) is 12.2 Å². The maximum atomic E-state index is 10.8. The fourth-order valence-electron chi connectivity index (χ4n) is 1.62. The van der Waals surface area contributed by atoms with Crippen molar-refractivity contribution in [3.05, 3.63) is 12.2 Å². The Morgan fingerprint density at radius 2 is 2.25 bits per heavy atom. The van der Waals surface area contributed by atoms with Gasteiger partial charge in [0.25, 0.3) is 0 Å². The van der Waals surface area contributed by atoms with Crippen molar-refractivity contribution in [1.29, 1.82) is 5.26 Å². The van der Waals surface area contributed by atoms with Gasteiger partial charge in [-0.25, -0.2) is 0 Å². The van der Waals surface area contributed by atoms with Gasteiger partial charge in [0.1, 0.15) is 0 Å². The molecule has 0 spiro atoms. The second kappa shape index (κ2) is 2.91. The average molecular weight is 184 g/mol. The lowest BCUT2D eigenvalue weighted by molar-refractivity contribution is -0.113. The molecular formula is C9H10ClNO. The van der Waals surface area contributed by atoms with E-state index >= 15 is 0 Å². The third-order valence-electron chi connectivity index (χ3n) is 2.53. The Kier molecular flexibility index (Phi) is 2.25. The summed E-state index contributed by atoms with van der Waals surface area (Å²) in [6.45, 7) is 3.95. The second-order valence-corrected chi connectivity index (χ2v) is 3.99. The fraction of sp³-hybridized carbons (Fsp3) is 0.556. The maximum Gasteiger partial charge on any atom is 0.225 e. The predicted molar refractivity (Wildman–Crippen MR) is 46.4 cm³/mol. The van der Waals surface area contributed by atoms with E-state index in [2.05, 4.69) is 0 Å². The Bertz CT molecular complexity index is 275. The van der Waals surface area contributed by atoms with Crippen LogP contribution in [0.3, 0.4) is 0 Å². The molecule has 1 aliphatic rings. The summed E-state index contributed by atoms with van der Waals surface area (Å²) in [5.41, 5.74) is -0.0633. The van der Waals surface area contributed by atoms with Crippen LogP contribution in [0, 0.1) is 28.6 Å². The van der Waals surface area contributed by atoms with Crippen molar-refractivity contribution in [2.75, 3.05) is 0 Å². The molecule has 1 saturated carbocycles. The molecule has 1 fully saturated rings. The van der Waals surface area contributed by atoms with Gasteiger partial charge in [0.15, 0.2) is 0 Å². The number of carbonyl (C=O) groups is 1. The number of allylic oxidation sites excluding steroid dienone is 2. The molecule has 0 N–H and O–H groups in total. The average Bonchev–Trinajstić information content (AvgIpc) is 2.49. The quantitative estimate of drug-likeness (QED) is 0.486. The fourth-order valence-corrected chi connectivity index (χ4v) is 2.03. The van der Waals surface area contributed by atoms with Crippen LogP contribution >= 0.6 is 11.6 Å². The highest BCUT2D eigenvalue weighted by molar-refractivity contribution is 6.64. The Balaban J connectivity index is 2.68. The number of nitriles is 1. The standard InChI is InChI=1S/C9H10ClNO/c1-9(2)6(4-3-5-11)7(9)8(10)12/h3-4,6-7H,1-2H3/b4-3-/t6-,7+/m1/s1. The molecule has 12 heavy (non-hydrogen) atoms. The zero-order valence-corrected chi connectivity index (χ0v) is 7.80. The lowest BCUT2D eigenvalue weighted by Crippen LogP contribution is -1.96. The van der Waals surface area contributed by atoms with E-state index in [1.807, 2.05) is 19.9 Å². The Labute approximate surface area is 76.8 Å². The molecule has 0 bridgehead atoms. The minimum atomic E-state index is -0.299. The molecule has 0 saturated heterocycles. The Morgan fingerprint density at radius 1 is 1.67 bits per heavy atom. The SMILES string of the molecule is CC1(C)[C@H](/C=C\C#N)[C@H]1C(=O)Cl. The molecule has 1 aliphatic carbocycles. The first kappa shape index (κ1) is 9.28. The Morgan fingerprint density at radius 3 is 2.58 bits per heavy atom.